The summed E-state index contributed by atoms with van der Waals surface area (Å²) in [5.41, 5.74) is -1.56. The topological polar surface area (TPSA) is 88.1 Å². The molecule has 0 N–H and O–H groups in total. The number of hydrogen-bond donors (Lipinski definition) is 0. The molecule has 146 valence electrons. The second kappa shape index (κ2) is 8.24. The van der Waals surface area contributed by atoms with Gasteiger partial charge in [-0.1, -0.05) is 12.1 Å². The normalized spacial score (nSPS) is 25.3. The van der Waals surface area contributed by atoms with Gasteiger partial charge >= 0.3 is 11.9 Å². The van der Waals surface area contributed by atoms with Crippen molar-refractivity contribution in [3.63, 3.8) is 0 Å². The first-order valence-corrected chi connectivity index (χ1v) is 8.63. The molecule has 0 saturated carbocycles. The minimum atomic E-state index is -1.23. The molecule has 7 nitrogen and oxygen atoms in total. The molecule has 2 aliphatic heterocycles. The standard InChI is InChI=1S/C13H14O4.C7H10O3/c1-3-16-12(15)13(2)8-17-10-7-5-4-6-9(10)11(13)14;1-7(6(8)9-2)4-3-5-10-7/h4-7H,3,8H2,1-2H3;3,5H,4H2,1-2H3. The molecule has 1 aromatic rings. The van der Waals surface area contributed by atoms with Crippen molar-refractivity contribution in [3.8, 4) is 5.75 Å². The lowest BCUT2D eigenvalue weighted by Gasteiger charge is -2.30. The minimum absolute atomic E-state index is 0.0294. The van der Waals surface area contributed by atoms with Gasteiger partial charge in [0.25, 0.3) is 0 Å². The number of ketones is 1. The number of rotatable bonds is 3. The number of methoxy groups -OCH3 is 1. The van der Waals surface area contributed by atoms with Gasteiger partial charge in [-0.3, -0.25) is 9.59 Å². The van der Waals surface area contributed by atoms with Gasteiger partial charge in [0.05, 0.1) is 25.5 Å². The number of fused-ring (bicyclic) bond motifs is 1. The summed E-state index contributed by atoms with van der Waals surface area (Å²) in [6, 6.07) is 6.92. The molecule has 1 aromatic carbocycles. The van der Waals surface area contributed by atoms with Crippen LogP contribution in [0.3, 0.4) is 0 Å². The highest BCUT2D eigenvalue weighted by Gasteiger charge is 2.47. The van der Waals surface area contributed by atoms with Gasteiger partial charge in [-0.05, 0) is 39.0 Å². The second-order valence-electron chi connectivity index (χ2n) is 6.58. The molecular formula is C20H24O7. The lowest BCUT2D eigenvalue weighted by molar-refractivity contribution is -0.159. The molecule has 0 aliphatic carbocycles. The smallest absolute Gasteiger partial charge is 0.350 e. The van der Waals surface area contributed by atoms with Crippen LogP contribution in [0.5, 0.6) is 5.75 Å². The van der Waals surface area contributed by atoms with Crippen LogP contribution < -0.4 is 4.74 Å². The maximum absolute atomic E-state index is 12.3. The van der Waals surface area contributed by atoms with Gasteiger partial charge in [0.1, 0.15) is 12.4 Å². The Balaban J connectivity index is 0.000000223. The molecule has 2 atom stereocenters. The van der Waals surface area contributed by atoms with Gasteiger partial charge in [-0.2, -0.15) is 0 Å². The van der Waals surface area contributed by atoms with Crippen LogP contribution in [-0.4, -0.2) is 43.6 Å². The van der Waals surface area contributed by atoms with Crippen molar-refractivity contribution in [3.05, 3.63) is 42.2 Å². The predicted molar refractivity (Wildman–Crippen MR) is 96.3 cm³/mol. The van der Waals surface area contributed by atoms with Crippen LogP contribution in [0.2, 0.25) is 0 Å². The van der Waals surface area contributed by atoms with Crippen molar-refractivity contribution < 1.29 is 33.3 Å². The van der Waals surface area contributed by atoms with E-state index in [9.17, 15) is 14.4 Å². The Labute approximate surface area is 158 Å². The molecule has 0 aromatic heterocycles. The largest absolute Gasteiger partial charge is 0.491 e. The Kier molecular flexibility index (Phi) is 6.25. The van der Waals surface area contributed by atoms with Crippen molar-refractivity contribution in [1.29, 1.82) is 0 Å². The second-order valence-corrected chi connectivity index (χ2v) is 6.58. The van der Waals surface area contributed by atoms with Gasteiger partial charge in [0, 0.05) is 6.42 Å². The number of ether oxygens (including phenoxy) is 4. The number of Topliss-reactive ketones (excluding diaryl/α,β-unsaturated/α-hetero) is 1. The highest BCUT2D eigenvalue weighted by molar-refractivity contribution is 6.14. The Morgan fingerprint density at radius 1 is 1.19 bits per heavy atom. The summed E-state index contributed by atoms with van der Waals surface area (Å²) in [5.74, 6) is -0.561. The molecule has 2 unspecified atom stereocenters. The highest BCUT2D eigenvalue weighted by Crippen LogP contribution is 2.35. The number of esters is 2. The number of carbonyl (C=O) groups excluding carboxylic acids is 3. The van der Waals surface area contributed by atoms with Crippen LogP contribution in [0.25, 0.3) is 0 Å². The van der Waals surface area contributed by atoms with Crippen molar-refractivity contribution in [2.45, 2.75) is 32.8 Å². The molecule has 2 aliphatic rings. The van der Waals surface area contributed by atoms with E-state index >= 15 is 0 Å². The van der Waals surface area contributed by atoms with Crippen molar-refractivity contribution in [2.75, 3.05) is 20.3 Å². The zero-order valence-electron chi connectivity index (χ0n) is 15.9. The summed E-state index contributed by atoms with van der Waals surface area (Å²) < 4.78 is 20.0. The van der Waals surface area contributed by atoms with Crippen molar-refractivity contribution in [1.82, 2.24) is 0 Å². The fraction of sp³-hybridized carbons (Fsp3) is 0.450. The molecule has 7 heteroatoms. The first-order valence-electron chi connectivity index (χ1n) is 8.63. The van der Waals surface area contributed by atoms with Crippen LogP contribution in [0.4, 0.5) is 0 Å². The van der Waals surface area contributed by atoms with Crippen molar-refractivity contribution in [2.24, 2.45) is 5.41 Å². The maximum atomic E-state index is 12.3. The molecule has 2 heterocycles. The average molecular weight is 376 g/mol. The lowest BCUT2D eigenvalue weighted by Crippen LogP contribution is -2.45. The zero-order valence-corrected chi connectivity index (χ0v) is 15.9. The maximum Gasteiger partial charge on any atom is 0.350 e. The SMILES string of the molecule is CCOC(=O)C1(C)COc2ccccc2C1=O.COC(=O)C1(C)CC=CO1. The van der Waals surface area contributed by atoms with E-state index in [2.05, 4.69) is 4.74 Å². The Morgan fingerprint density at radius 3 is 2.48 bits per heavy atom. The van der Waals surface area contributed by atoms with Crippen LogP contribution in [0, 0.1) is 5.41 Å². The third kappa shape index (κ3) is 4.13. The van der Waals surface area contributed by atoms with E-state index in [1.165, 1.54) is 13.4 Å². The summed E-state index contributed by atoms with van der Waals surface area (Å²) in [6.45, 7) is 5.26. The van der Waals surface area contributed by atoms with E-state index in [4.69, 9.17) is 14.2 Å². The van der Waals surface area contributed by atoms with Crippen molar-refractivity contribution >= 4 is 17.7 Å². The fourth-order valence-corrected chi connectivity index (χ4v) is 2.67. The lowest BCUT2D eigenvalue weighted by atomic mass is 9.81. The zero-order chi connectivity index (χ0) is 20.1. The summed E-state index contributed by atoms with van der Waals surface area (Å²) in [5, 5.41) is 0. The van der Waals surface area contributed by atoms with E-state index in [-0.39, 0.29) is 25.0 Å². The summed E-state index contributed by atoms with van der Waals surface area (Å²) in [7, 11) is 1.36. The van der Waals surface area contributed by atoms with E-state index < -0.39 is 17.0 Å². The number of para-hydroxylation sites is 1. The molecule has 0 radical (unpaired) electrons. The van der Waals surface area contributed by atoms with Gasteiger partial charge in [-0.25, -0.2) is 4.79 Å². The van der Waals surface area contributed by atoms with Gasteiger partial charge in [0.15, 0.2) is 11.2 Å². The third-order valence-electron chi connectivity index (χ3n) is 4.42. The summed E-state index contributed by atoms with van der Waals surface area (Å²) in [6.07, 6.45) is 3.92. The first kappa shape index (κ1) is 20.5. The van der Waals surface area contributed by atoms with Gasteiger partial charge < -0.3 is 18.9 Å². The molecule has 27 heavy (non-hydrogen) atoms. The number of benzene rings is 1. The minimum Gasteiger partial charge on any atom is -0.491 e. The monoisotopic (exact) mass is 376 g/mol. The van der Waals surface area contributed by atoms with Gasteiger partial charge in [0.2, 0.25) is 5.60 Å². The molecular weight excluding hydrogens is 352 g/mol. The predicted octanol–water partition coefficient (Wildman–Crippen LogP) is 2.68. The van der Waals surface area contributed by atoms with E-state index in [0.717, 1.165) is 0 Å². The molecule has 3 rings (SSSR count). The number of hydrogen-bond acceptors (Lipinski definition) is 7. The van der Waals surface area contributed by atoms with Crippen LogP contribution in [0.15, 0.2) is 36.6 Å². The first-order chi connectivity index (χ1) is 12.8. The highest BCUT2D eigenvalue weighted by atomic mass is 16.6. The summed E-state index contributed by atoms with van der Waals surface area (Å²) in [4.78, 5) is 35.0. The Bertz CT molecular complexity index is 744. The number of carbonyl (C=O) groups is 3. The molecule has 0 spiro atoms. The molecule has 0 bridgehead atoms. The summed E-state index contributed by atoms with van der Waals surface area (Å²) >= 11 is 0. The Hall–Kier alpha value is -2.83. The Morgan fingerprint density at radius 2 is 1.89 bits per heavy atom. The van der Waals surface area contributed by atoms with Crippen LogP contribution >= 0.6 is 0 Å². The quantitative estimate of drug-likeness (QED) is 0.592. The molecule has 0 saturated heterocycles. The fourth-order valence-electron chi connectivity index (χ4n) is 2.67. The van der Waals surface area contributed by atoms with E-state index in [0.29, 0.717) is 17.7 Å². The third-order valence-corrected chi connectivity index (χ3v) is 4.42. The van der Waals surface area contributed by atoms with Gasteiger partial charge in [-0.15, -0.1) is 0 Å². The molecule has 0 fully saturated rings. The van der Waals surface area contributed by atoms with Crippen LogP contribution in [0.1, 0.15) is 37.6 Å². The average Bonchev–Trinajstić information content (AvgIpc) is 3.13. The van der Waals surface area contributed by atoms with Crippen LogP contribution in [-0.2, 0) is 23.8 Å². The van der Waals surface area contributed by atoms with E-state index in [1.807, 2.05) is 0 Å². The van der Waals surface area contributed by atoms with E-state index in [1.54, 1.807) is 51.1 Å². The molecule has 0 amide bonds.